The monoisotopic (exact) mass is 281 g/mol. The lowest BCUT2D eigenvalue weighted by Gasteiger charge is -2.29. The summed E-state index contributed by atoms with van der Waals surface area (Å²) in [7, 11) is 0. The Bertz CT molecular complexity index is 551. The van der Waals surface area contributed by atoms with Crippen LogP contribution >= 0.6 is 11.3 Å². The molecular formula is C12H16FN5S. The van der Waals surface area contributed by atoms with E-state index in [2.05, 4.69) is 9.98 Å². The number of nitrogens with zero attached hydrogens (tertiary/aromatic N) is 4. The van der Waals surface area contributed by atoms with Gasteiger partial charge in [-0.05, 0) is 0 Å². The van der Waals surface area contributed by atoms with Crippen molar-refractivity contribution in [3.8, 4) is 6.19 Å². The van der Waals surface area contributed by atoms with Gasteiger partial charge in [0.25, 0.3) is 0 Å². The SMILES string of the molecule is CC(C)(C)c1nc2c(s1)CCN(C(N)=NC#N)C2F. The minimum absolute atomic E-state index is 0.0917. The second kappa shape index (κ2) is 4.78. The van der Waals surface area contributed by atoms with Gasteiger partial charge in [-0.3, -0.25) is 0 Å². The van der Waals surface area contributed by atoms with Gasteiger partial charge in [0.2, 0.25) is 18.4 Å². The van der Waals surface area contributed by atoms with E-state index in [-0.39, 0.29) is 11.4 Å². The third kappa shape index (κ3) is 2.54. The number of halogens is 1. The van der Waals surface area contributed by atoms with E-state index in [1.165, 1.54) is 4.90 Å². The van der Waals surface area contributed by atoms with Crippen LogP contribution in [0.1, 0.15) is 42.6 Å². The fraction of sp³-hybridized carbons (Fsp3) is 0.583. The Balaban J connectivity index is 2.34. The minimum atomic E-state index is -1.42. The van der Waals surface area contributed by atoms with Crippen molar-refractivity contribution in [2.45, 2.75) is 38.9 Å². The predicted octanol–water partition coefficient (Wildman–Crippen LogP) is 2.06. The molecule has 1 aliphatic heterocycles. The van der Waals surface area contributed by atoms with E-state index in [0.717, 1.165) is 9.88 Å². The van der Waals surface area contributed by atoms with E-state index in [0.29, 0.717) is 18.7 Å². The average molecular weight is 281 g/mol. The van der Waals surface area contributed by atoms with Gasteiger partial charge < -0.3 is 10.6 Å². The van der Waals surface area contributed by atoms with E-state index in [1.807, 2.05) is 20.8 Å². The van der Waals surface area contributed by atoms with Gasteiger partial charge in [0.15, 0.2) is 0 Å². The van der Waals surface area contributed by atoms with Gasteiger partial charge in [-0.25, -0.2) is 9.37 Å². The first-order valence-corrected chi connectivity index (χ1v) is 6.79. The number of rotatable bonds is 0. The normalized spacial score (nSPS) is 20.1. The number of aliphatic imine (C=N–C) groups is 1. The molecule has 2 rings (SSSR count). The van der Waals surface area contributed by atoms with E-state index >= 15 is 0 Å². The van der Waals surface area contributed by atoms with Crippen LogP contribution in [0.5, 0.6) is 0 Å². The molecule has 7 heteroatoms. The van der Waals surface area contributed by atoms with Crippen molar-refractivity contribution in [1.29, 1.82) is 5.26 Å². The number of nitriles is 1. The highest BCUT2D eigenvalue weighted by Gasteiger charge is 2.33. The van der Waals surface area contributed by atoms with Crippen LogP contribution in [0, 0.1) is 11.5 Å². The van der Waals surface area contributed by atoms with Crippen LogP contribution in [0.2, 0.25) is 0 Å². The maximum absolute atomic E-state index is 14.4. The topological polar surface area (TPSA) is 78.3 Å². The summed E-state index contributed by atoms with van der Waals surface area (Å²) >= 11 is 1.55. The third-order valence-corrected chi connectivity index (χ3v) is 4.46. The zero-order valence-electron chi connectivity index (χ0n) is 11.1. The summed E-state index contributed by atoms with van der Waals surface area (Å²) in [5.41, 5.74) is 5.90. The predicted molar refractivity (Wildman–Crippen MR) is 72.3 cm³/mol. The highest BCUT2D eigenvalue weighted by molar-refractivity contribution is 7.11. The van der Waals surface area contributed by atoms with Crippen LogP contribution in [0.4, 0.5) is 4.39 Å². The molecule has 0 saturated heterocycles. The molecule has 0 aliphatic carbocycles. The van der Waals surface area contributed by atoms with Crippen molar-refractivity contribution in [3.63, 3.8) is 0 Å². The van der Waals surface area contributed by atoms with Crippen molar-refractivity contribution in [3.05, 3.63) is 15.6 Å². The molecule has 0 amide bonds. The second-order valence-corrected chi connectivity index (χ2v) is 6.51. The number of aromatic nitrogens is 1. The average Bonchev–Trinajstić information content (AvgIpc) is 2.74. The molecule has 2 N–H and O–H groups in total. The molecule has 1 unspecified atom stereocenters. The van der Waals surface area contributed by atoms with Crippen LogP contribution < -0.4 is 5.73 Å². The maximum atomic E-state index is 14.4. The Morgan fingerprint density at radius 1 is 1.63 bits per heavy atom. The first-order valence-electron chi connectivity index (χ1n) is 5.97. The van der Waals surface area contributed by atoms with Crippen molar-refractivity contribution in [2.24, 2.45) is 10.7 Å². The fourth-order valence-corrected chi connectivity index (χ4v) is 3.00. The minimum Gasteiger partial charge on any atom is -0.369 e. The van der Waals surface area contributed by atoms with Crippen LogP contribution in [0.15, 0.2) is 4.99 Å². The zero-order chi connectivity index (χ0) is 14.2. The molecule has 0 bridgehead atoms. The van der Waals surface area contributed by atoms with Crippen molar-refractivity contribution >= 4 is 17.3 Å². The first-order chi connectivity index (χ1) is 8.84. The van der Waals surface area contributed by atoms with Gasteiger partial charge in [0.1, 0.15) is 5.69 Å². The molecule has 2 heterocycles. The van der Waals surface area contributed by atoms with E-state index in [9.17, 15) is 4.39 Å². The standard InChI is InChI=1S/C12H16FN5S/c1-12(2,3)10-17-8-7(19-10)4-5-18(9(8)13)11(15)16-6-14/h9H,4-5H2,1-3H3,(H2,15,16). The second-order valence-electron chi connectivity index (χ2n) is 5.43. The zero-order valence-corrected chi connectivity index (χ0v) is 12.0. The molecule has 102 valence electrons. The van der Waals surface area contributed by atoms with E-state index in [4.69, 9.17) is 11.0 Å². The van der Waals surface area contributed by atoms with Crippen LogP contribution in [-0.2, 0) is 11.8 Å². The summed E-state index contributed by atoms with van der Waals surface area (Å²) in [6.45, 7) is 6.56. The lowest BCUT2D eigenvalue weighted by atomic mass is 9.98. The highest BCUT2D eigenvalue weighted by atomic mass is 32.1. The molecule has 0 aromatic carbocycles. The summed E-state index contributed by atoms with van der Waals surface area (Å²) in [6, 6.07) is 0. The molecule has 0 radical (unpaired) electrons. The molecular weight excluding hydrogens is 265 g/mol. The van der Waals surface area contributed by atoms with Crippen LogP contribution in [0.3, 0.4) is 0 Å². The number of hydrogen-bond donors (Lipinski definition) is 1. The number of guanidine groups is 1. The van der Waals surface area contributed by atoms with Gasteiger partial charge in [0.05, 0.1) is 5.01 Å². The number of hydrogen-bond acceptors (Lipinski definition) is 4. The van der Waals surface area contributed by atoms with Crippen LogP contribution in [0.25, 0.3) is 0 Å². The Hall–Kier alpha value is -1.68. The first kappa shape index (κ1) is 13.7. The molecule has 1 aliphatic rings. The molecule has 0 spiro atoms. The number of thiazole rings is 1. The van der Waals surface area contributed by atoms with Crippen molar-refractivity contribution < 1.29 is 4.39 Å². The van der Waals surface area contributed by atoms with Gasteiger partial charge in [0, 0.05) is 23.3 Å². The van der Waals surface area contributed by atoms with Gasteiger partial charge in [-0.2, -0.15) is 5.26 Å². The summed E-state index contributed by atoms with van der Waals surface area (Å²) in [6.07, 6.45) is 0.824. The van der Waals surface area contributed by atoms with E-state index in [1.54, 1.807) is 17.5 Å². The van der Waals surface area contributed by atoms with Crippen molar-refractivity contribution in [2.75, 3.05) is 6.54 Å². The molecule has 1 aromatic heterocycles. The highest BCUT2D eigenvalue weighted by Crippen LogP contribution is 2.37. The van der Waals surface area contributed by atoms with Crippen LogP contribution in [-0.4, -0.2) is 22.4 Å². The van der Waals surface area contributed by atoms with Crippen molar-refractivity contribution in [1.82, 2.24) is 9.88 Å². The summed E-state index contributed by atoms with van der Waals surface area (Å²) in [4.78, 5) is 10.0. The maximum Gasteiger partial charge on any atom is 0.218 e. The number of nitrogens with two attached hydrogens (primary N) is 1. The molecule has 5 nitrogen and oxygen atoms in total. The number of fused-ring (bicyclic) bond motifs is 1. The molecule has 19 heavy (non-hydrogen) atoms. The smallest absolute Gasteiger partial charge is 0.218 e. The quantitative estimate of drug-likeness (QED) is 0.342. The Morgan fingerprint density at radius 2 is 2.32 bits per heavy atom. The van der Waals surface area contributed by atoms with Gasteiger partial charge in [-0.1, -0.05) is 20.8 Å². The van der Waals surface area contributed by atoms with Gasteiger partial charge >= 0.3 is 0 Å². The third-order valence-electron chi connectivity index (χ3n) is 2.91. The Kier molecular flexibility index (Phi) is 3.45. The summed E-state index contributed by atoms with van der Waals surface area (Å²) in [5, 5.41) is 9.39. The summed E-state index contributed by atoms with van der Waals surface area (Å²) in [5.74, 6) is -0.0917. The lowest BCUT2D eigenvalue weighted by molar-refractivity contribution is 0.139. The fourth-order valence-electron chi connectivity index (χ4n) is 1.88. The summed E-state index contributed by atoms with van der Waals surface area (Å²) < 4.78 is 14.4. The number of alkyl halides is 1. The molecule has 1 atom stereocenters. The molecule has 1 aromatic rings. The van der Waals surface area contributed by atoms with Gasteiger partial charge in [-0.15, -0.1) is 16.3 Å². The van der Waals surface area contributed by atoms with E-state index < -0.39 is 6.30 Å². The Labute approximate surface area is 115 Å². The molecule has 0 fully saturated rings. The molecule has 0 saturated carbocycles. The lowest BCUT2D eigenvalue weighted by Crippen LogP contribution is -2.42. The Morgan fingerprint density at radius 3 is 2.89 bits per heavy atom. The largest absolute Gasteiger partial charge is 0.369 e.